The third kappa shape index (κ3) is 4.52. The molecule has 0 saturated carbocycles. The van der Waals surface area contributed by atoms with Crippen molar-refractivity contribution in [1.82, 2.24) is 10.2 Å². The number of methoxy groups -OCH3 is 1. The Bertz CT molecular complexity index is 317. The van der Waals surface area contributed by atoms with Gasteiger partial charge in [-0.3, -0.25) is 4.79 Å². The van der Waals surface area contributed by atoms with Crippen molar-refractivity contribution in [2.24, 2.45) is 5.92 Å². The summed E-state index contributed by atoms with van der Waals surface area (Å²) in [4.78, 5) is 24.4. The average Bonchev–Trinajstić information content (AvgIpc) is 2.63. The van der Waals surface area contributed by atoms with Gasteiger partial charge in [-0.25, -0.2) is 4.79 Å². The molecular formula is C12H22N2O4. The van der Waals surface area contributed by atoms with Crippen molar-refractivity contribution in [1.29, 1.82) is 0 Å². The van der Waals surface area contributed by atoms with Gasteiger partial charge in [-0.2, -0.15) is 0 Å². The molecule has 0 aliphatic carbocycles. The fourth-order valence-corrected chi connectivity index (χ4v) is 2.18. The van der Waals surface area contributed by atoms with Gasteiger partial charge in [0.1, 0.15) is 0 Å². The molecule has 0 spiro atoms. The molecule has 2 N–H and O–H groups in total. The molecule has 1 atom stereocenters. The molecule has 0 bridgehead atoms. The molecule has 2 amide bonds. The van der Waals surface area contributed by atoms with E-state index < -0.39 is 11.5 Å². The molecule has 1 aliphatic heterocycles. The lowest BCUT2D eigenvalue weighted by molar-refractivity contribution is -0.138. The van der Waals surface area contributed by atoms with Crippen LogP contribution in [0.3, 0.4) is 0 Å². The third-order valence-corrected chi connectivity index (χ3v) is 3.01. The highest BCUT2D eigenvalue weighted by Gasteiger charge is 2.30. The number of amides is 2. The number of nitrogens with zero attached hydrogens (tertiary/aromatic N) is 1. The molecule has 1 heterocycles. The topological polar surface area (TPSA) is 78.9 Å². The van der Waals surface area contributed by atoms with Gasteiger partial charge in [-0.15, -0.1) is 0 Å². The van der Waals surface area contributed by atoms with E-state index in [9.17, 15) is 9.59 Å². The number of likely N-dealkylation sites (tertiary alicyclic amines) is 1. The third-order valence-electron chi connectivity index (χ3n) is 3.01. The van der Waals surface area contributed by atoms with Crippen molar-refractivity contribution in [3.63, 3.8) is 0 Å². The highest BCUT2D eigenvalue weighted by Crippen LogP contribution is 2.17. The van der Waals surface area contributed by atoms with Crippen molar-refractivity contribution in [2.75, 3.05) is 26.8 Å². The molecule has 6 heteroatoms. The van der Waals surface area contributed by atoms with Gasteiger partial charge in [0.2, 0.25) is 0 Å². The van der Waals surface area contributed by atoms with Crippen LogP contribution < -0.4 is 5.32 Å². The SMILES string of the molecule is COCC1CCN(C(=O)NC(C)(C)CC(=O)O)C1. The molecule has 0 aromatic heterocycles. The van der Waals surface area contributed by atoms with Crippen LogP contribution in [0.15, 0.2) is 0 Å². The number of carbonyl (C=O) groups excluding carboxylic acids is 1. The summed E-state index contributed by atoms with van der Waals surface area (Å²) in [5.74, 6) is -0.540. The minimum Gasteiger partial charge on any atom is -0.481 e. The van der Waals surface area contributed by atoms with Gasteiger partial charge < -0.3 is 20.1 Å². The Hall–Kier alpha value is -1.30. The normalized spacial score (nSPS) is 19.9. The van der Waals surface area contributed by atoms with Gasteiger partial charge in [0.15, 0.2) is 0 Å². The van der Waals surface area contributed by atoms with Crippen molar-refractivity contribution in [3.8, 4) is 0 Å². The highest BCUT2D eigenvalue weighted by molar-refractivity contribution is 5.77. The van der Waals surface area contributed by atoms with Crippen LogP contribution in [0.5, 0.6) is 0 Å². The standard InChI is InChI=1S/C12H22N2O4/c1-12(2,6-10(15)16)13-11(17)14-5-4-9(7-14)8-18-3/h9H,4-8H2,1-3H3,(H,13,17)(H,15,16). The zero-order chi connectivity index (χ0) is 13.8. The Morgan fingerprint density at radius 3 is 2.72 bits per heavy atom. The molecule has 1 unspecified atom stereocenters. The monoisotopic (exact) mass is 258 g/mol. The van der Waals surface area contributed by atoms with E-state index in [1.165, 1.54) is 0 Å². The summed E-state index contributed by atoms with van der Waals surface area (Å²) in [7, 11) is 1.65. The number of carboxylic acid groups (broad SMARTS) is 1. The van der Waals surface area contributed by atoms with E-state index in [0.717, 1.165) is 6.42 Å². The second-order valence-corrected chi connectivity index (χ2v) is 5.44. The van der Waals surface area contributed by atoms with Crippen LogP contribution >= 0.6 is 0 Å². The Balaban J connectivity index is 2.44. The number of nitrogens with one attached hydrogen (secondary N) is 1. The van der Waals surface area contributed by atoms with Gasteiger partial charge in [-0.05, 0) is 20.3 Å². The first-order valence-corrected chi connectivity index (χ1v) is 6.12. The largest absolute Gasteiger partial charge is 0.481 e. The van der Waals surface area contributed by atoms with Crippen LogP contribution in [0.25, 0.3) is 0 Å². The predicted octanol–water partition coefficient (Wildman–Crippen LogP) is 0.918. The number of rotatable bonds is 5. The predicted molar refractivity (Wildman–Crippen MR) is 66.4 cm³/mol. The second-order valence-electron chi connectivity index (χ2n) is 5.44. The first-order valence-electron chi connectivity index (χ1n) is 6.12. The number of hydrogen-bond donors (Lipinski definition) is 2. The number of carboxylic acids is 1. The van der Waals surface area contributed by atoms with E-state index in [1.807, 2.05) is 0 Å². The highest BCUT2D eigenvalue weighted by atomic mass is 16.5. The molecule has 0 aromatic carbocycles. The maximum atomic E-state index is 12.0. The lowest BCUT2D eigenvalue weighted by Gasteiger charge is -2.28. The molecule has 1 rings (SSSR count). The smallest absolute Gasteiger partial charge is 0.317 e. The fourth-order valence-electron chi connectivity index (χ4n) is 2.18. The minimum absolute atomic E-state index is 0.0892. The maximum Gasteiger partial charge on any atom is 0.317 e. The molecule has 1 saturated heterocycles. The van der Waals surface area contributed by atoms with Crippen LogP contribution in [0, 0.1) is 5.92 Å². The summed E-state index contributed by atoms with van der Waals surface area (Å²) < 4.78 is 5.07. The minimum atomic E-state index is -0.918. The molecule has 104 valence electrons. The fraction of sp³-hybridized carbons (Fsp3) is 0.833. The van der Waals surface area contributed by atoms with Crippen LogP contribution in [-0.2, 0) is 9.53 Å². The Morgan fingerprint density at radius 2 is 2.17 bits per heavy atom. The van der Waals surface area contributed by atoms with Crippen LogP contribution in [-0.4, -0.2) is 54.4 Å². The van der Waals surface area contributed by atoms with E-state index in [0.29, 0.717) is 25.6 Å². The van der Waals surface area contributed by atoms with Gasteiger partial charge in [-0.1, -0.05) is 0 Å². The Morgan fingerprint density at radius 1 is 1.50 bits per heavy atom. The van der Waals surface area contributed by atoms with E-state index in [4.69, 9.17) is 9.84 Å². The number of ether oxygens (including phenoxy) is 1. The van der Waals surface area contributed by atoms with E-state index in [-0.39, 0.29) is 12.5 Å². The summed E-state index contributed by atoms with van der Waals surface area (Å²) in [5.41, 5.74) is -0.734. The number of carbonyl (C=O) groups is 2. The molecular weight excluding hydrogens is 236 g/mol. The van der Waals surface area contributed by atoms with E-state index in [1.54, 1.807) is 25.9 Å². The van der Waals surface area contributed by atoms with Gasteiger partial charge >= 0.3 is 12.0 Å². The van der Waals surface area contributed by atoms with Gasteiger partial charge in [0, 0.05) is 31.7 Å². The molecule has 0 aromatic rings. The Labute approximate surface area is 107 Å². The summed E-state index contributed by atoms with van der Waals surface area (Å²) >= 11 is 0. The lowest BCUT2D eigenvalue weighted by atomic mass is 10.0. The number of urea groups is 1. The number of hydrogen-bond acceptors (Lipinski definition) is 3. The first kappa shape index (κ1) is 14.8. The maximum absolute atomic E-state index is 12.0. The van der Waals surface area contributed by atoms with Crippen molar-refractivity contribution >= 4 is 12.0 Å². The summed E-state index contributed by atoms with van der Waals surface area (Å²) in [5, 5.41) is 11.5. The van der Waals surface area contributed by atoms with Crippen molar-refractivity contribution in [2.45, 2.75) is 32.2 Å². The average molecular weight is 258 g/mol. The van der Waals surface area contributed by atoms with Gasteiger partial charge in [0.25, 0.3) is 0 Å². The van der Waals surface area contributed by atoms with Crippen LogP contribution in [0.4, 0.5) is 4.79 Å². The molecule has 18 heavy (non-hydrogen) atoms. The molecule has 1 aliphatic rings. The molecule has 1 fully saturated rings. The first-order chi connectivity index (χ1) is 8.34. The van der Waals surface area contributed by atoms with E-state index in [2.05, 4.69) is 5.32 Å². The van der Waals surface area contributed by atoms with Crippen LogP contribution in [0.1, 0.15) is 26.7 Å². The lowest BCUT2D eigenvalue weighted by Crippen LogP contribution is -2.50. The summed E-state index contributed by atoms with van der Waals surface area (Å²) in [6.07, 6.45) is 0.842. The van der Waals surface area contributed by atoms with Crippen molar-refractivity contribution in [3.05, 3.63) is 0 Å². The number of aliphatic carboxylic acids is 1. The summed E-state index contributed by atoms with van der Waals surface area (Å²) in [6, 6.07) is -0.195. The quantitative estimate of drug-likeness (QED) is 0.768. The summed E-state index contributed by atoms with van der Waals surface area (Å²) in [6.45, 7) is 5.44. The molecule has 6 nitrogen and oxygen atoms in total. The second kappa shape index (κ2) is 6.04. The van der Waals surface area contributed by atoms with Crippen LogP contribution in [0.2, 0.25) is 0 Å². The van der Waals surface area contributed by atoms with Crippen molar-refractivity contribution < 1.29 is 19.4 Å². The zero-order valence-corrected chi connectivity index (χ0v) is 11.2. The van der Waals surface area contributed by atoms with Gasteiger partial charge in [0.05, 0.1) is 13.0 Å². The molecule has 0 radical (unpaired) electrons. The zero-order valence-electron chi connectivity index (χ0n) is 11.2. The van der Waals surface area contributed by atoms with E-state index >= 15 is 0 Å². The Kier molecular flexibility index (Phi) is 4.95.